The predicted molar refractivity (Wildman–Crippen MR) is 114 cm³/mol. The number of aromatic amines is 1. The first-order valence-electron chi connectivity index (χ1n) is 10.4. The van der Waals surface area contributed by atoms with E-state index in [2.05, 4.69) is 47.1 Å². The van der Waals surface area contributed by atoms with Crippen LogP contribution in [0.5, 0.6) is 0 Å². The predicted octanol–water partition coefficient (Wildman–Crippen LogP) is 4.28. The number of fused-ring (bicyclic) bond motifs is 2. The summed E-state index contributed by atoms with van der Waals surface area (Å²) in [5.41, 5.74) is 5.12. The van der Waals surface area contributed by atoms with Crippen LogP contribution in [0.3, 0.4) is 0 Å². The highest BCUT2D eigenvalue weighted by molar-refractivity contribution is 5.95. The van der Waals surface area contributed by atoms with E-state index >= 15 is 0 Å². The van der Waals surface area contributed by atoms with Gasteiger partial charge in [-0.1, -0.05) is 12.1 Å². The molecule has 2 aliphatic rings. The fourth-order valence-corrected chi connectivity index (χ4v) is 4.26. The van der Waals surface area contributed by atoms with Crippen LogP contribution in [0, 0.1) is 0 Å². The standard InChI is InChI=1S/C23H23N5O/c1-14-13-29-12-11-28(14)23-21-20(8-7-18(25-21)15-5-6-15)26-22(27-23)17-3-2-4-19-16(17)9-10-24-19/h2-4,7-10,14-15,24H,5-6,11-13H2,1H3/t14-/m1/s1. The van der Waals surface area contributed by atoms with Crippen molar-refractivity contribution in [2.45, 2.75) is 31.7 Å². The van der Waals surface area contributed by atoms with Crippen molar-refractivity contribution in [2.75, 3.05) is 24.7 Å². The minimum Gasteiger partial charge on any atom is -0.377 e. The highest BCUT2D eigenvalue weighted by Gasteiger charge is 2.28. The van der Waals surface area contributed by atoms with Crippen LogP contribution in [0.1, 0.15) is 31.4 Å². The summed E-state index contributed by atoms with van der Waals surface area (Å²) in [6.07, 6.45) is 4.43. The van der Waals surface area contributed by atoms with Gasteiger partial charge in [0.25, 0.3) is 0 Å². The molecule has 6 nitrogen and oxygen atoms in total. The summed E-state index contributed by atoms with van der Waals surface area (Å²) in [6, 6.07) is 12.8. The lowest BCUT2D eigenvalue weighted by Crippen LogP contribution is -2.44. The van der Waals surface area contributed by atoms with Crippen LogP contribution in [0.4, 0.5) is 5.82 Å². The van der Waals surface area contributed by atoms with Gasteiger partial charge in [-0.15, -0.1) is 0 Å². The molecule has 6 rings (SSSR count). The molecule has 146 valence electrons. The lowest BCUT2D eigenvalue weighted by molar-refractivity contribution is 0.0987. The Hall–Kier alpha value is -2.99. The minimum absolute atomic E-state index is 0.254. The average Bonchev–Trinajstić information content (AvgIpc) is 3.49. The van der Waals surface area contributed by atoms with Crippen molar-refractivity contribution in [1.82, 2.24) is 19.9 Å². The van der Waals surface area contributed by atoms with E-state index in [0.717, 1.165) is 45.7 Å². The molecule has 1 aliphatic heterocycles. The number of hydrogen-bond donors (Lipinski definition) is 1. The molecule has 0 radical (unpaired) electrons. The molecule has 1 N–H and O–H groups in total. The lowest BCUT2D eigenvalue weighted by Gasteiger charge is -2.34. The Labute approximate surface area is 169 Å². The van der Waals surface area contributed by atoms with Gasteiger partial charge in [0.15, 0.2) is 11.6 Å². The topological polar surface area (TPSA) is 66.9 Å². The first-order chi connectivity index (χ1) is 14.3. The van der Waals surface area contributed by atoms with Crippen LogP contribution in [0.25, 0.3) is 33.3 Å². The molecular weight excluding hydrogens is 362 g/mol. The number of nitrogens with zero attached hydrogens (tertiary/aromatic N) is 4. The van der Waals surface area contributed by atoms with Gasteiger partial charge in [-0.3, -0.25) is 0 Å². The quantitative estimate of drug-likeness (QED) is 0.570. The third-order valence-electron chi connectivity index (χ3n) is 6.02. The van der Waals surface area contributed by atoms with Gasteiger partial charge in [0, 0.05) is 40.8 Å². The third kappa shape index (κ3) is 2.86. The number of hydrogen-bond acceptors (Lipinski definition) is 5. The zero-order valence-electron chi connectivity index (χ0n) is 16.4. The molecule has 0 amide bonds. The monoisotopic (exact) mass is 385 g/mol. The van der Waals surface area contributed by atoms with Crippen molar-refractivity contribution >= 4 is 27.8 Å². The second kappa shape index (κ2) is 6.52. The second-order valence-electron chi connectivity index (χ2n) is 8.11. The smallest absolute Gasteiger partial charge is 0.162 e. The molecule has 1 atom stereocenters. The second-order valence-corrected chi connectivity index (χ2v) is 8.11. The first kappa shape index (κ1) is 16.9. The molecule has 29 heavy (non-hydrogen) atoms. The summed E-state index contributed by atoms with van der Waals surface area (Å²) in [5.74, 6) is 2.27. The van der Waals surface area contributed by atoms with Gasteiger partial charge in [0.2, 0.25) is 0 Å². The normalized spacial score (nSPS) is 19.9. The van der Waals surface area contributed by atoms with Crippen molar-refractivity contribution < 1.29 is 4.74 Å². The highest BCUT2D eigenvalue weighted by Crippen LogP contribution is 2.40. The van der Waals surface area contributed by atoms with E-state index in [1.165, 1.54) is 18.5 Å². The maximum Gasteiger partial charge on any atom is 0.162 e. The molecule has 4 heterocycles. The minimum atomic E-state index is 0.254. The molecular formula is C23H23N5O. The van der Waals surface area contributed by atoms with Crippen molar-refractivity contribution in [2.24, 2.45) is 0 Å². The van der Waals surface area contributed by atoms with E-state index in [1.54, 1.807) is 0 Å². The summed E-state index contributed by atoms with van der Waals surface area (Å²) < 4.78 is 5.67. The van der Waals surface area contributed by atoms with E-state index in [0.29, 0.717) is 19.1 Å². The average molecular weight is 385 g/mol. The molecule has 0 unspecified atom stereocenters. The van der Waals surface area contributed by atoms with Crippen LogP contribution in [0.2, 0.25) is 0 Å². The van der Waals surface area contributed by atoms with Crippen molar-refractivity contribution in [3.63, 3.8) is 0 Å². The summed E-state index contributed by atoms with van der Waals surface area (Å²) in [4.78, 5) is 20.6. The van der Waals surface area contributed by atoms with Crippen molar-refractivity contribution in [3.05, 3.63) is 48.3 Å². The summed E-state index contributed by atoms with van der Waals surface area (Å²) in [6.45, 7) is 4.41. The molecule has 0 bridgehead atoms. The third-order valence-corrected chi connectivity index (χ3v) is 6.02. The first-order valence-corrected chi connectivity index (χ1v) is 10.4. The van der Waals surface area contributed by atoms with Crippen LogP contribution in [-0.4, -0.2) is 45.7 Å². The van der Waals surface area contributed by atoms with Gasteiger partial charge >= 0.3 is 0 Å². The highest BCUT2D eigenvalue weighted by atomic mass is 16.5. The number of aromatic nitrogens is 4. The maximum atomic E-state index is 5.67. The van der Waals surface area contributed by atoms with Crippen LogP contribution >= 0.6 is 0 Å². The number of rotatable bonds is 3. The number of morpholine rings is 1. The molecule has 1 saturated heterocycles. The summed E-state index contributed by atoms with van der Waals surface area (Å²) in [7, 11) is 0. The van der Waals surface area contributed by atoms with Gasteiger partial charge < -0.3 is 14.6 Å². The van der Waals surface area contributed by atoms with E-state index in [9.17, 15) is 0 Å². The largest absolute Gasteiger partial charge is 0.377 e. The maximum absolute atomic E-state index is 5.67. The Bertz CT molecular complexity index is 1210. The van der Waals surface area contributed by atoms with Gasteiger partial charge in [-0.25, -0.2) is 15.0 Å². The SMILES string of the molecule is C[C@@H]1COCCN1c1nc(-c2cccc3[nH]ccc23)nc2ccc(C3CC3)nc12. The fourth-order valence-electron chi connectivity index (χ4n) is 4.26. The Morgan fingerprint density at radius 3 is 2.86 bits per heavy atom. The Kier molecular flexibility index (Phi) is 3.81. The van der Waals surface area contributed by atoms with E-state index in [-0.39, 0.29) is 6.04 Å². The van der Waals surface area contributed by atoms with E-state index in [1.807, 2.05) is 12.3 Å². The van der Waals surface area contributed by atoms with Gasteiger partial charge in [-0.05, 0) is 44.0 Å². The van der Waals surface area contributed by atoms with Crippen LogP contribution in [-0.2, 0) is 4.74 Å². The Morgan fingerprint density at radius 2 is 2.00 bits per heavy atom. The van der Waals surface area contributed by atoms with E-state index < -0.39 is 0 Å². The van der Waals surface area contributed by atoms with Crippen LogP contribution < -0.4 is 4.90 Å². The lowest BCUT2D eigenvalue weighted by atomic mass is 10.1. The number of H-pyrrole nitrogens is 1. The number of benzene rings is 1. The molecule has 1 aliphatic carbocycles. The number of nitrogens with one attached hydrogen (secondary N) is 1. The molecule has 1 saturated carbocycles. The Morgan fingerprint density at radius 1 is 1.07 bits per heavy atom. The molecule has 3 aromatic heterocycles. The number of pyridine rings is 1. The molecule has 1 aromatic carbocycles. The van der Waals surface area contributed by atoms with E-state index in [4.69, 9.17) is 19.7 Å². The zero-order valence-corrected chi connectivity index (χ0v) is 16.4. The summed E-state index contributed by atoms with van der Waals surface area (Å²) in [5, 5.41) is 1.13. The summed E-state index contributed by atoms with van der Waals surface area (Å²) >= 11 is 0. The molecule has 0 spiro atoms. The number of anilines is 1. The number of ether oxygens (including phenoxy) is 1. The van der Waals surface area contributed by atoms with Crippen molar-refractivity contribution in [1.29, 1.82) is 0 Å². The van der Waals surface area contributed by atoms with Gasteiger partial charge in [0.05, 0.1) is 24.8 Å². The van der Waals surface area contributed by atoms with Crippen LogP contribution in [0.15, 0.2) is 42.6 Å². The molecule has 4 aromatic rings. The fraction of sp³-hybridized carbons (Fsp3) is 0.348. The van der Waals surface area contributed by atoms with Gasteiger partial charge in [-0.2, -0.15) is 0 Å². The van der Waals surface area contributed by atoms with Crippen molar-refractivity contribution in [3.8, 4) is 11.4 Å². The molecule has 6 heteroatoms. The zero-order chi connectivity index (χ0) is 19.4. The Balaban J connectivity index is 1.59. The van der Waals surface area contributed by atoms with Gasteiger partial charge in [0.1, 0.15) is 5.52 Å². The molecule has 2 fully saturated rings.